The van der Waals surface area contributed by atoms with Gasteiger partial charge in [-0.25, -0.2) is 4.79 Å². The first-order chi connectivity index (χ1) is 14.1. The molecule has 2 aliphatic carbocycles. The molecule has 6 nitrogen and oxygen atoms in total. The van der Waals surface area contributed by atoms with E-state index in [0.29, 0.717) is 41.8 Å². The Morgan fingerprint density at radius 1 is 1.00 bits per heavy atom. The van der Waals surface area contributed by atoms with Gasteiger partial charge in [-0.2, -0.15) is 0 Å². The van der Waals surface area contributed by atoms with Crippen LogP contribution in [0.3, 0.4) is 0 Å². The van der Waals surface area contributed by atoms with Crippen LogP contribution in [0, 0.1) is 17.3 Å². The predicted octanol–water partition coefficient (Wildman–Crippen LogP) is 3.11. The Balaban J connectivity index is 1.08. The van der Waals surface area contributed by atoms with Crippen molar-refractivity contribution < 1.29 is 14.3 Å². The van der Waals surface area contributed by atoms with E-state index in [-0.39, 0.29) is 6.09 Å². The highest BCUT2D eigenvalue weighted by Gasteiger charge is 2.52. The van der Waals surface area contributed by atoms with Crippen molar-refractivity contribution in [1.82, 2.24) is 14.7 Å². The maximum absolute atomic E-state index is 12.6. The molecule has 0 N–H and O–H groups in total. The second-order valence-corrected chi connectivity index (χ2v) is 10.3. The molecule has 1 spiro atoms. The van der Waals surface area contributed by atoms with Crippen LogP contribution in [0.5, 0.6) is 0 Å². The number of piperidine rings is 1. The highest BCUT2D eigenvalue weighted by atomic mass is 16.6. The van der Waals surface area contributed by atoms with Gasteiger partial charge in [0.1, 0.15) is 0 Å². The molecule has 0 aromatic heterocycles. The van der Waals surface area contributed by atoms with Gasteiger partial charge >= 0.3 is 6.09 Å². The maximum atomic E-state index is 12.6. The quantitative estimate of drug-likeness (QED) is 0.724. The zero-order chi connectivity index (χ0) is 20.0. The fraction of sp³-hybridized carbons (Fsp3) is 0.913. The third-order valence-corrected chi connectivity index (χ3v) is 8.45. The lowest BCUT2D eigenvalue weighted by Crippen LogP contribution is -2.55. The standard InChI is InChI=1S/C23H37N3O3/c1-2-29-22(28)25-13-9-23(16-25)14-19(15-23)24-11-7-17(8-12-24)20-4-3-10-26(20)21(27)18-5-6-18/h17-20H,2-16H2,1H3. The minimum absolute atomic E-state index is 0.129. The van der Waals surface area contributed by atoms with Crippen LogP contribution in [0.25, 0.3) is 0 Å². The molecule has 0 aromatic carbocycles. The minimum Gasteiger partial charge on any atom is -0.450 e. The molecule has 2 saturated carbocycles. The number of ether oxygens (including phenoxy) is 1. The van der Waals surface area contributed by atoms with E-state index >= 15 is 0 Å². The van der Waals surface area contributed by atoms with Gasteiger partial charge in [0.05, 0.1) is 6.61 Å². The largest absolute Gasteiger partial charge is 0.450 e. The van der Waals surface area contributed by atoms with Crippen LogP contribution in [0.1, 0.15) is 64.7 Å². The average Bonchev–Trinajstić information content (AvgIpc) is 3.26. The summed E-state index contributed by atoms with van der Waals surface area (Å²) in [5.74, 6) is 1.53. The summed E-state index contributed by atoms with van der Waals surface area (Å²) in [5.41, 5.74) is 0.354. The molecule has 1 unspecified atom stereocenters. The summed E-state index contributed by atoms with van der Waals surface area (Å²) in [6.07, 6.45) is 10.6. The first-order valence-electron chi connectivity index (χ1n) is 12.0. The van der Waals surface area contributed by atoms with E-state index in [0.717, 1.165) is 38.9 Å². The first-order valence-corrected chi connectivity index (χ1v) is 12.0. The second kappa shape index (κ2) is 7.75. The summed E-state index contributed by atoms with van der Waals surface area (Å²) in [6.45, 7) is 7.47. The molecule has 1 atom stereocenters. The first kappa shape index (κ1) is 19.7. The van der Waals surface area contributed by atoms with Crippen molar-refractivity contribution in [2.45, 2.75) is 76.8 Å². The molecular weight excluding hydrogens is 366 g/mol. The van der Waals surface area contributed by atoms with Gasteiger partial charge in [0.2, 0.25) is 5.91 Å². The molecule has 2 amide bonds. The van der Waals surface area contributed by atoms with Crippen molar-refractivity contribution in [2.75, 3.05) is 39.3 Å². The maximum Gasteiger partial charge on any atom is 0.409 e. The third-order valence-electron chi connectivity index (χ3n) is 8.45. The summed E-state index contributed by atoms with van der Waals surface area (Å²) in [6, 6.07) is 1.22. The Morgan fingerprint density at radius 2 is 1.76 bits per heavy atom. The minimum atomic E-state index is -0.129. The molecule has 29 heavy (non-hydrogen) atoms. The van der Waals surface area contributed by atoms with Gasteiger partial charge in [-0.3, -0.25) is 4.79 Å². The monoisotopic (exact) mass is 403 g/mol. The van der Waals surface area contributed by atoms with Crippen LogP contribution < -0.4 is 0 Å². The van der Waals surface area contributed by atoms with E-state index in [1.165, 1.54) is 51.6 Å². The van der Waals surface area contributed by atoms with Gasteiger partial charge in [-0.05, 0) is 89.1 Å². The van der Waals surface area contributed by atoms with E-state index < -0.39 is 0 Å². The fourth-order valence-electron chi connectivity index (χ4n) is 6.63. The van der Waals surface area contributed by atoms with Gasteiger partial charge in [0, 0.05) is 37.6 Å². The number of carbonyl (C=O) groups is 2. The number of likely N-dealkylation sites (tertiary alicyclic amines) is 3. The Hall–Kier alpha value is -1.30. The van der Waals surface area contributed by atoms with Gasteiger partial charge in [-0.1, -0.05) is 0 Å². The molecule has 5 fully saturated rings. The van der Waals surface area contributed by atoms with Gasteiger partial charge < -0.3 is 19.4 Å². The smallest absolute Gasteiger partial charge is 0.409 e. The van der Waals surface area contributed by atoms with Crippen LogP contribution >= 0.6 is 0 Å². The summed E-state index contributed by atoms with van der Waals surface area (Å²) >= 11 is 0. The molecule has 5 rings (SSSR count). The lowest BCUT2D eigenvalue weighted by atomic mass is 9.64. The molecule has 0 bridgehead atoms. The zero-order valence-corrected chi connectivity index (χ0v) is 18.0. The van der Waals surface area contributed by atoms with Gasteiger partial charge in [-0.15, -0.1) is 0 Å². The summed E-state index contributed by atoms with van der Waals surface area (Å²) in [5, 5.41) is 0. The molecule has 6 heteroatoms. The Bertz CT molecular complexity index is 635. The second-order valence-electron chi connectivity index (χ2n) is 10.3. The van der Waals surface area contributed by atoms with E-state index in [9.17, 15) is 9.59 Å². The SMILES string of the molecule is CCOC(=O)N1CCC2(CC(N3CCC(C4CCCN4C(=O)C4CC4)CC3)C2)C1. The number of hydrogen-bond donors (Lipinski definition) is 0. The van der Waals surface area contributed by atoms with E-state index in [2.05, 4.69) is 9.80 Å². The number of amides is 2. The fourth-order valence-corrected chi connectivity index (χ4v) is 6.63. The number of hydrogen-bond acceptors (Lipinski definition) is 4. The normalized spacial score (nSPS) is 35.9. The Morgan fingerprint density at radius 3 is 2.45 bits per heavy atom. The summed E-state index contributed by atoms with van der Waals surface area (Å²) < 4.78 is 5.18. The van der Waals surface area contributed by atoms with Gasteiger partial charge in [0.25, 0.3) is 0 Å². The molecule has 3 saturated heterocycles. The van der Waals surface area contributed by atoms with E-state index in [4.69, 9.17) is 4.74 Å². The Labute approximate surface area is 174 Å². The van der Waals surface area contributed by atoms with Crippen LogP contribution in [0.4, 0.5) is 4.79 Å². The number of carbonyl (C=O) groups excluding carboxylic acids is 2. The third kappa shape index (κ3) is 3.77. The zero-order valence-electron chi connectivity index (χ0n) is 18.0. The van der Waals surface area contributed by atoms with Crippen molar-refractivity contribution in [3.63, 3.8) is 0 Å². The summed E-state index contributed by atoms with van der Waals surface area (Å²) in [4.78, 5) is 31.5. The van der Waals surface area contributed by atoms with Crippen molar-refractivity contribution >= 4 is 12.0 Å². The van der Waals surface area contributed by atoms with Gasteiger partial charge in [0.15, 0.2) is 0 Å². The van der Waals surface area contributed by atoms with Crippen molar-refractivity contribution in [3.8, 4) is 0 Å². The predicted molar refractivity (Wildman–Crippen MR) is 110 cm³/mol. The van der Waals surface area contributed by atoms with Crippen molar-refractivity contribution in [2.24, 2.45) is 17.3 Å². The Kier molecular flexibility index (Phi) is 5.25. The van der Waals surface area contributed by atoms with E-state index in [1.807, 2.05) is 11.8 Å². The van der Waals surface area contributed by atoms with Crippen LogP contribution in [0.2, 0.25) is 0 Å². The van der Waals surface area contributed by atoms with E-state index in [1.54, 1.807) is 0 Å². The lowest BCUT2D eigenvalue weighted by Gasteiger charge is -2.52. The molecule has 0 aromatic rings. The topological polar surface area (TPSA) is 53.1 Å². The highest BCUT2D eigenvalue weighted by Crippen LogP contribution is 2.51. The molecule has 162 valence electrons. The molecule has 0 radical (unpaired) electrons. The number of nitrogens with zero attached hydrogens (tertiary/aromatic N) is 3. The molecule has 3 heterocycles. The lowest BCUT2D eigenvalue weighted by molar-refractivity contribution is -0.134. The number of rotatable bonds is 4. The van der Waals surface area contributed by atoms with Crippen molar-refractivity contribution in [3.05, 3.63) is 0 Å². The highest BCUT2D eigenvalue weighted by molar-refractivity contribution is 5.81. The van der Waals surface area contributed by atoms with Crippen molar-refractivity contribution in [1.29, 1.82) is 0 Å². The van der Waals surface area contributed by atoms with Crippen LogP contribution in [-0.2, 0) is 9.53 Å². The summed E-state index contributed by atoms with van der Waals surface area (Å²) in [7, 11) is 0. The average molecular weight is 404 g/mol. The molecular formula is C23H37N3O3. The molecule has 3 aliphatic heterocycles. The van der Waals surface area contributed by atoms with Crippen LogP contribution in [0.15, 0.2) is 0 Å². The van der Waals surface area contributed by atoms with Crippen LogP contribution in [-0.4, -0.2) is 78.1 Å². The molecule has 5 aliphatic rings.